The van der Waals surface area contributed by atoms with Gasteiger partial charge in [-0.2, -0.15) is 0 Å². The molecule has 0 fully saturated rings. The van der Waals surface area contributed by atoms with E-state index in [1.807, 2.05) is 0 Å². The van der Waals surface area contributed by atoms with E-state index >= 15 is 0 Å². The van der Waals surface area contributed by atoms with Crippen LogP contribution in [-0.4, -0.2) is 20.5 Å². The van der Waals surface area contributed by atoms with Crippen molar-refractivity contribution in [1.82, 2.24) is 4.57 Å². The quantitative estimate of drug-likeness (QED) is 0.314. The van der Waals surface area contributed by atoms with Gasteiger partial charge in [-0.25, -0.2) is 0 Å². The summed E-state index contributed by atoms with van der Waals surface area (Å²) in [5, 5.41) is 2.46. The molecule has 3 aromatic rings. The molecule has 2 N–H and O–H groups in total. The van der Waals surface area contributed by atoms with Crippen LogP contribution in [0.2, 0.25) is 0 Å². The molecule has 0 saturated carbocycles. The standard InChI is InChI=1S/C18H20Br2NO3P/c19-13-5-7-17-15(11-13)16-12-14(20)6-8-18(16)21(17)9-3-1-2-4-10-25(22,23)24/h5-8,11-12H,1-4,9-10H2,(H2,22,23,24). The molecule has 1 heterocycles. The average Bonchev–Trinajstić information content (AvgIpc) is 2.82. The Hall–Kier alpha value is -0.650. The Morgan fingerprint density at radius 3 is 1.88 bits per heavy atom. The van der Waals surface area contributed by atoms with Gasteiger partial charge in [0.1, 0.15) is 0 Å². The first kappa shape index (κ1) is 19.1. The van der Waals surface area contributed by atoms with Gasteiger partial charge < -0.3 is 14.4 Å². The first-order chi connectivity index (χ1) is 11.8. The van der Waals surface area contributed by atoms with Crippen LogP contribution in [0, 0.1) is 0 Å². The van der Waals surface area contributed by atoms with Gasteiger partial charge in [-0.3, -0.25) is 4.57 Å². The molecular weight excluding hydrogens is 469 g/mol. The van der Waals surface area contributed by atoms with E-state index in [1.54, 1.807) is 0 Å². The van der Waals surface area contributed by atoms with Crippen molar-refractivity contribution < 1.29 is 14.4 Å². The van der Waals surface area contributed by atoms with Crippen molar-refractivity contribution in [3.05, 3.63) is 45.3 Å². The van der Waals surface area contributed by atoms with E-state index in [2.05, 4.69) is 72.8 Å². The highest BCUT2D eigenvalue weighted by Crippen LogP contribution is 2.36. The third-order valence-electron chi connectivity index (χ3n) is 4.37. The molecule has 1 aromatic heterocycles. The van der Waals surface area contributed by atoms with E-state index in [0.717, 1.165) is 34.8 Å². The van der Waals surface area contributed by atoms with Gasteiger partial charge >= 0.3 is 7.60 Å². The minimum absolute atomic E-state index is 0.00949. The Balaban J connectivity index is 1.77. The maximum absolute atomic E-state index is 10.9. The first-order valence-electron chi connectivity index (χ1n) is 8.27. The van der Waals surface area contributed by atoms with Crippen molar-refractivity contribution in [2.24, 2.45) is 0 Å². The number of rotatable bonds is 7. The number of benzene rings is 2. The normalized spacial score (nSPS) is 12.3. The Morgan fingerprint density at radius 1 is 0.840 bits per heavy atom. The van der Waals surface area contributed by atoms with Crippen LogP contribution in [0.15, 0.2) is 45.3 Å². The van der Waals surface area contributed by atoms with Gasteiger partial charge in [0.15, 0.2) is 0 Å². The van der Waals surface area contributed by atoms with Crippen LogP contribution in [0.5, 0.6) is 0 Å². The van der Waals surface area contributed by atoms with Crippen LogP contribution in [0.3, 0.4) is 0 Å². The number of hydrogen-bond donors (Lipinski definition) is 2. The fraction of sp³-hybridized carbons (Fsp3) is 0.333. The number of nitrogens with zero attached hydrogens (tertiary/aromatic N) is 1. The minimum Gasteiger partial charge on any atom is -0.340 e. The lowest BCUT2D eigenvalue weighted by Crippen LogP contribution is -1.98. The number of hydrogen-bond acceptors (Lipinski definition) is 1. The maximum atomic E-state index is 10.9. The second-order valence-corrected chi connectivity index (χ2v) is 9.89. The molecule has 134 valence electrons. The summed E-state index contributed by atoms with van der Waals surface area (Å²) >= 11 is 7.12. The molecule has 25 heavy (non-hydrogen) atoms. The number of halogens is 2. The minimum atomic E-state index is -3.85. The SMILES string of the molecule is O=P(O)(O)CCCCCCn1c2ccc(Br)cc2c2cc(Br)ccc21. The number of aryl methyl sites for hydroxylation is 1. The smallest absolute Gasteiger partial charge is 0.325 e. The second kappa shape index (κ2) is 7.93. The van der Waals surface area contributed by atoms with Crippen LogP contribution in [0.25, 0.3) is 21.8 Å². The number of aromatic nitrogens is 1. The summed E-state index contributed by atoms with van der Waals surface area (Å²) in [5.41, 5.74) is 2.43. The summed E-state index contributed by atoms with van der Waals surface area (Å²) in [7, 11) is -3.85. The van der Waals surface area contributed by atoms with E-state index in [-0.39, 0.29) is 6.16 Å². The molecule has 0 saturated heterocycles. The lowest BCUT2D eigenvalue weighted by atomic mass is 10.2. The molecular formula is C18H20Br2NO3P. The summed E-state index contributed by atoms with van der Waals surface area (Å²) in [4.78, 5) is 17.8. The Morgan fingerprint density at radius 2 is 1.36 bits per heavy atom. The van der Waals surface area contributed by atoms with Crippen molar-refractivity contribution in [2.45, 2.75) is 32.2 Å². The molecule has 0 aliphatic rings. The van der Waals surface area contributed by atoms with Gasteiger partial charge in [0.2, 0.25) is 0 Å². The Kier molecular flexibility index (Phi) is 6.07. The van der Waals surface area contributed by atoms with E-state index in [4.69, 9.17) is 9.79 Å². The third-order valence-corrected chi connectivity index (χ3v) is 6.26. The molecule has 0 atom stereocenters. The fourth-order valence-electron chi connectivity index (χ4n) is 3.23. The van der Waals surface area contributed by atoms with Gasteiger partial charge in [0, 0.05) is 43.5 Å². The zero-order valence-electron chi connectivity index (χ0n) is 13.7. The topological polar surface area (TPSA) is 62.5 Å². The molecule has 0 amide bonds. The molecule has 3 rings (SSSR count). The molecule has 0 unspecified atom stereocenters. The molecule has 2 aromatic carbocycles. The third kappa shape index (κ3) is 4.75. The summed E-state index contributed by atoms with van der Waals surface area (Å²) < 4.78 is 15.4. The van der Waals surface area contributed by atoms with Crippen molar-refractivity contribution in [1.29, 1.82) is 0 Å². The van der Waals surface area contributed by atoms with Crippen molar-refractivity contribution in [2.75, 3.05) is 6.16 Å². The highest BCUT2D eigenvalue weighted by Gasteiger charge is 2.13. The van der Waals surface area contributed by atoms with Gasteiger partial charge in [0.25, 0.3) is 0 Å². The van der Waals surface area contributed by atoms with Crippen LogP contribution in [0.1, 0.15) is 25.7 Å². The van der Waals surface area contributed by atoms with Crippen molar-refractivity contribution >= 4 is 61.3 Å². The average molecular weight is 489 g/mol. The molecule has 0 spiro atoms. The summed E-state index contributed by atoms with van der Waals surface area (Å²) in [5.74, 6) is 0. The van der Waals surface area contributed by atoms with E-state index in [9.17, 15) is 4.57 Å². The van der Waals surface area contributed by atoms with Gasteiger partial charge in [0.05, 0.1) is 0 Å². The molecule has 4 nitrogen and oxygen atoms in total. The largest absolute Gasteiger partial charge is 0.340 e. The Bertz CT molecular complexity index is 889. The van der Waals surface area contributed by atoms with E-state index < -0.39 is 7.60 Å². The first-order valence-corrected chi connectivity index (χ1v) is 11.6. The number of unbranched alkanes of at least 4 members (excludes halogenated alkanes) is 3. The predicted molar refractivity (Wildman–Crippen MR) is 110 cm³/mol. The van der Waals surface area contributed by atoms with Crippen LogP contribution >= 0.6 is 39.5 Å². The number of fused-ring (bicyclic) bond motifs is 3. The summed E-state index contributed by atoms with van der Waals surface area (Å²) in [6, 6.07) is 12.7. The maximum Gasteiger partial charge on any atom is 0.325 e. The van der Waals surface area contributed by atoms with E-state index in [0.29, 0.717) is 6.42 Å². The zero-order chi connectivity index (χ0) is 18.0. The highest BCUT2D eigenvalue weighted by atomic mass is 79.9. The molecule has 7 heteroatoms. The highest BCUT2D eigenvalue weighted by molar-refractivity contribution is 9.10. The molecule has 0 bridgehead atoms. The predicted octanol–water partition coefficient (Wildman–Crippen LogP) is 6.06. The van der Waals surface area contributed by atoms with Gasteiger partial charge in [-0.1, -0.05) is 44.7 Å². The zero-order valence-corrected chi connectivity index (χ0v) is 17.7. The second-order valence-electron chi connectivity index (χ2n) is 6.28. The fourth-order valence-corrected chi connectivity index (χ4v) is 4.59. The van der Waals surface area contributed by atoms with Crippen LogP contribution < -0.4 is 0 Å². The van der Waals surface area contributed by atoms with Crippen molar-refractivity contribution in [3.63, 3.8) is 0 Å². The Labute approximate surface area is 163 Å². The monoisotopic (exact) mass is 487 g/mol. The molecule has 0 radical (unpaired) electrons. The van der Waals surface area contributed by atoms with Crippen LogP contribution in [-0.2, 0) is 11.1 Å². The molecule has 0 aliphatic carbocycles. The van der Waals surface area contributed by atoms with Gasteiger partial charge in [-0.05, 0) is 49.2 Å². The lowest BCUT2D eigenvalue weighted by molar-refractivity contribution is 0.370. The lowest BCUT2D eigenvalue weighted by Gasteiger charge is -2.08. The summed E-state index contributed by atoms with van der Waals surface area (Å²) in [6.45, 7) is 0.902. The van der Waals surface area contributed by atoms with Crippen molar-refractivity contribution in [3.8, 4) is 0 Å². The van der Waals surface area contributed by atoms with E-state index in [1.165, 1.54) is 21.8 Å². The van der Waals surface area contributed by atoms with Crippen LogP contribution in [0.4, 0.5) is 0 Å². The van der Waals surface area contributed by atoms with Gasteiger partial charge in [-0.15, -0.1) is 0 Å². The molecule has 0 aliphatic heterocycles. The summed E-state index contributed by atoms with van der Waals surface area (Å²) in [6.07, 6.45) is 3.38.